The number of para-hydroxylation sites is 2. The molecule has 0 N–H and O–H groups in total. The van der Waals surface area contributed by atoms with Gasteiger partial charge in [-0.25, -0.2) is 0 Å². The molecular weight excluding hydrogens is 749 g/mol. The third-order valence-electron chi connectivity index (χ3n) is 12.2. The molecule has 2 nitrogen and oxygen atoms in total. The number of hydrogen-bond acceptors (Lipinski definition) is 0. The zero-order valence-corrected chi connectivity index (χ0v) is 34.2. The van der Waals surface area contributed by atoms with Gasteiger partial charge < -0.3 is 9.13 Å². The molecule has 0 amide bonds. The van der Waals surface area contributed by atoms with E-state index in [0.717, 1.165) is 44.7 Å². The van der Waals surface area contributed by atoms with E-state index in [-0.39, 0.29) is 0 Å². The number of rotatable bonds is 9. The molecule has 11 rings (SSSR count). The number of fused-ring (bicyclic) bond motifs is 6. The summed E-state index contributed by atoms with van der Waals surface area (Å²) in [5.41, 5.74) is 18.5. The molecule has 0 bridgehead atoms. The van der Waals surface area contributed by atoms with Gasteiger partial charge >= 0.3 is 0 Å². The van der Waals surface area contributed by atoms with E-state index in [4.69, 9.17) is 0 Å². The summed E-state index contributed by atoms with van der Waals surface area (Å²) in [6.45, 7) is 8.13. The van der Waals surface area contributed by atoms with Gasteiger partial charge in [0.25, 0.3) is 0 Å². The topological polar surface area (TPSA) is 9.86 Å². The Morgan fingerprint density at radius 1 is 0.323 bits per heavy atom. The van der Waals surface area contributed by atoms with Crippen molar-refractivity contribution in [3.8, 4) is 55.9 Å². The highest BCUT2D eigenvalue weighted by Gasteiger charge is 2.18. The lowest BCUT2D eigenvalue weighted by atomic mass is 9.97. The minimum atomic E-state index is 1.03. The van der Waals surface area contributed by atoms with Crippen molar-refractivity contribution >= 4 is 49.2 Å². The lowest BCUT2D eigenvalue weighted by molar-refractivity contribution is 1.18. The Kier molecular flexibility index (Phi) is 9.17. The first-order chi connectivity index (χ1) is 30.6. The summed E-state index contributed by atoms with van der Waals surface area (Å²) in [7, 11) is 0. The van der Waals surface area contributed by atoms with Gasteiger partial charge in [0.1, 0.15) is 0 Å². The van der Waals surface area contributed by atoms with Crippen LogP contribution in [-0.2, 0) is 0 Å². The number of allylic oxidation sites excluding steroid dienone is 4. The lowest BCUT2D eigenvalue weighted by Gasteiger charge is -2.14. The molecule has 0 radical (unpaired) electrons. The molecule has 0 saturated carbocycles. The quantitative estimate of drug-likeness (QED) is 0.129. The molecule has 0 aliphatic carbocycles. The normalized spacial score (nSPS) is 11.8. The monoisotopic (exact) mass is 790 g/mol. The molecule has 11 aromatic rings. The van der Waals surface area contributed by atoms with E-state index >= 15 is 0 Å². The molecule has 0 saturated heterocycles. The Morgan fingerprint density at radius 3 is 1.18 bits per heavy atom. The minimum Gasteiger partial charge on any atom is -0.309 e. The van der Waals surface area contributed by atoms with Crippen LogP contribution < -0.4 is 0 Å². The lowest BCUT2D eigenvalue weighted by Crippen LogP contribution is -1.97. The molecule has 0 aliphatic rings. The van der Waals surface area contributed by atoms with Gasteiger partial charge in [-0.1, -0.05) is 171 Å². The third-order valence-corrected chi connectivity index (χ3v) is 12.2. The Hall–Kier alpha value is -8.20. The first-order valence-corrected chi connectivity index (χ1v) is 21.1. The zero-order valence-electron chi connectivity index (χ0n) is 34.2. The van der Waals surface area contributed by atoms with Crippen LogP contribution in [0.3, 0.4) is 0 Å². The molecule has 9 aromatic carbocycles. The summed E-state index contributed by atoms with van der Waals surface area (Å²) in [4.78, 5) is 0. The van der Waals surface area contributed by atoms with Crippen LogP contribution in [0.15, 0.2) is 244 Å². The maximum absolute atomic E-state index is 4.15. The van der Waals surface area contributed by atoms with E-state index in [1.165, 1.54) is 66.0 Å². The van der Waals surface area contributed by atoms with Crippen molar-refractivity contribution in [1.29, 1.82) is 0 Å². The molecule has 0 spiro atoms. The van der Waals surface area contributed by atoms with E-state index < -0.39 is 0 Å². The molecule has 292 valence electrons. The first-order valence-electron chi connectivity index (χ1n) is 21.1. The van der Waals surface area contributed by atoms with Gasteiger partial charge in [0.05, 0.1) is 22.1 Å². The highest BCUT2D eigenvalue weighted by atomic mass is 15.0. The maximum atomic E-state index is 4.15. The van der Waals surface area contributed by atoms with Crippen molar-refractivity contribution in [2.24, 2.45) is 0 Å². The molecule has 2 heteroatoms. The maximum Gasteiger partial charge on any atom is 0.0541 e. The smallest absolute Gasteiger partial charge is 0.0541 e. The van der Waals surface area contributed by atoms with Crippen LogP contribution in [0.25, 0.3) is 105 Å². The van der Waals surface area contributed by atoms with Gasteiger partial charge in [-0.15, -0.1) is 0 Å². The van der Waals surface area contributed by atoms with Crippen LogP contribution in [0, 0.1) is 0 Å². The van der Waals surface area contributed by atoms with Gasteiger partial charge in [0.2, 0.25) is 0 Å². The predicted octanol–water partition coefficient (Wildman–Crippen LogP) is 16.3. The number of nitrogens with zero attached hydrogens (tertiary/aromatic N) is 2. The first kappa shape index (κ1) is 36.8. The Morgan fingerprint density at radius 2 is 0.726 bits per heavy atom. The van der Waals surface area contributed by atoms with Crippen LogP contribution in [0.2, 0.25) is 0 Å². The van der Waals surface area contributed by atoms with Gasteiger partial charge in [0.15, 0.2) is 0 Å². The molecule has 0 unspecified atom stereocenters. The zero-order chi connectivity index (χ0) is 41.6. The number of benzene rings is 9. The van der Waals surface area contributed by atoms with E-state index in [0.29, 0.717) is 0 Å². The van der Waals surface area contributed by atoms with Crippen LogP contribution >= 0.6 is 0 Å². The molecule has 0 atom stereocenters. The number of aromatic nitrogens is 2. The van der Waals surface area contributed by atoms with Crippen LogP contribution in [0.4, 0.5) is 0 Å². The third kappa shape index (κ3) is 6.38. The second kappa shape index (κ2) is 15.4. The average molecular weight is 791 g/mol. The molecular formula is C60H42N2. The van der Waals surface area contributed by atoms with Crippen molar-refractivity contribution in [3.63, 3.8) is 0 Å². The van der Waals surface area contributed by atoms with Crippen LogP contribution in [0.5, 0.6) is 0 Å². The summed E-state index contributed by atoms with van der Waals surface area (Å²) in [6.07, 6.45) is 5.76. The van der Waals surface area contributed by atoms with Gasteiger partial charge in [0, 0.05) is 32.9 Å². The molecule has 62 heavy (non-hydrogen) atoms. The molecule has 0 aliphatic heterocycles. The van der Waals surface area contributed by atoms with Crippen molar-refractivity contribution in [2.45, 2.75) is 0 Å². The molecule has 2 heterocycles. The Bertz CT molecular complexity index is 3470. The SMILES string of the molecule is C=C/C=C(\C=C)c1cc(-c2ccccc2)cc(-n2c3ccccc3c3cc(-c4ccc5c(c4)c4ccccc4n5-c4cc(-c5ccccc5)cc(-c5ccccc5)c4)ccc32)c1. The van der Waals surface area contributed by atoms with Crippen molar-refractivity contribution < 1.29 is 0 Å². The van der Waals surface area contributed by atoms with Crippen molar-refractivity contribution in [1.82, 2.24) is 9.13 Å². The van der Waals surface area contributed by atoms with E-state index in [2.05, 4.69) is 235 Å². The Balaban J connectivity index is 1.08. The van der Waals surface area contributed by atoms with Crippen molar-refractivity contribution in [3.05, 3.63) is 249 Å². The summed E-state index contributed by atoms with van der Waals surface area (Å²) in [5.74, 6) is 0. The second-order valence-electron chi connectivity index (χ2n) is 15.9. The fourth-order valence-corrected chi connectivity index (χ4v) is 9.31. The van der Waals surface area contributed by atoms with E-state index in [1.807, 2.05) is 18.2 Å². The summed E-state index contributed by atoms with van der Waals surface area (Å²) in [5, 5.41) is 4.88. The van der Waals surface area contributed by atoms with Gasteiger partial charge in [-0.3, -0.25) is 0 Å². The predicted molar refractivity (Wildman–Crippen MR) is 265 cm³/mol. The molecule has 2 aromatic heterocycles. The fraction of sp³-hybridized carbons (Fsp3) is 0. The number of hydrogen-bond donors (Lipinski definition) is 0. The van der Waals surface area contributed by atoms with Gasteiger partial charge in [-0.2, -0.15) is 0 Å². The second-order valence-corrected chi connectivity index (χ2v) is 15.9. The van der Waals surface area contributed by atoms with Crippen LogP contribution in [-0.4, -0.2) is 9.13 Å². The molecule has 0 fully saturated rings. The highest BCUT2D eigenvalue weighted by Crippen LogP contribution is 2.40. The van der Waals surface area contributed by atoms with Crippen LogP contribution in [0.1, 0.15) is 5.56 Å². The van der Waals surface area contributed by atoms with E-state index in [1.54, 1.807) is 0 Å². The summed E-state index contributed by atoms with van der Waals surface area (Å²) >= 11 is 0. The summed E-state index contributed by atoms with van der Waals surface area (Å²) < 4.78 is 4.84. The Labute approximate surface area is 361 Å². The van der Waals surface area contributed by atoms with Gasteiger partial charge in [-0.05, 0) is 128 Å². The summed E-state index contributed by atoms with van der Waals surface area (Å²) in [6, 6.07) is 77.2. The van der Waals surface area contributed by atoms with E-state index in [9.17, 15) is 0 Å². The standard InChI is InChI=1S/C60H42N2/c1-3-18-41(4-2)47-33-48(42-19-8-5-9-20-42)36-51(35-47)61-57-27-16-14-25-53(57)55-39-45(29-31-59(55)61)46-30-32-60-56(40-46)54-26-15-17-28-58(54)62(60)52-37-49(43-21-10-6-11-22-43)34-50(38-52)44-23-12-7-13-24-44/h3-40H,1-2H2/b41-18+. The van der Waals surface area contributed by atoms with Crippen molar-refractivity contribution in [2.75, 3.05) is 0 Å². The largest absolute Gasteiger partial charge is 0.309 e. The average Bonchev–Trinajstić information content (AvgIpc) is 3.86. The fourth-order valence-electron chi connectivity index (χ4n) is 9.31. The minimum absolute atomic E-state index is 1.03. The highest BCUT2D eigenvalue weighted by molar-refractivity contribution is 6.13.